The molecule has 0 atom stereocenters. The Morgan fingerprint density at radius 1 is 0.964 bits per heavy atom. The van der Waals surface area contributed by atoms with Crippen LogP contribution in [-0.2, 0) is 11.3 Å². The number of piperazine rings is 1. The number of carboxylic acids is 1. The highest BCUT2D eigenvalue weighted by molar-refractivity contribution is 5.88. The average molecular weight is 381 g/mol. The van der Waals surface area contributed by atoms with Crippen LogP contribution in [-0.4, -0.2) is 50.8 Å². The lowest BCUT2D eigenvalue weighted by Gasteiger charge is -2.29. The molecule has 7 heteroatoms. The van der Waals surface area contributed by atoms with E-state index >= 15 is 0 Å². The number of nitrogens with one attached hydrogen (secondary N) is 3. The van der Waals surface area contributed by atoms with E-state index < -0.39 is 5.97 Å². The van der Waals surface area contributed by atoms with Gasteiger partial charge in [0.1, 0.15) is 32.7 Å². The minimum Gasteiger partial charge on any atom is -0.545 e. The number of hydrogen-bond acceptors (Lipinski definition) is 4. The van der Waals surface area contributed by atoms with Crippen LogP contribution < -0.4 is 20.3 Å². The van der Waals surface area contributed by atoms with Gasteiger partial charge in [0, 0.05) is 5.56 Å². The number of quaternary nitrogens is 2. The topological polar surface area (TPSA) is 90.5 Å². The van der Waals surface area contributed by atoms with Crippen molar-refractivity contribution in [1.29, 1.82) is 0 Å². The monoisotopic (exact) mass is 381 g/mol. The largest absolute Gasteiger partial charge is 0.545 e. The van der Waals surface area contributed by atoms with E-state index in [4.69, 9.17) is 0 Å². The van der Waals surface area contributed by atoms with E-state index in [0.717, 1.165) is 32.7 Å². The van der Waals surface area contributed by atoms with Gasteiger partial charge in [0.2, 0.25) is 0 Å². The summed E-state index contributed by atoms with van der Waals surface area (Å²) in [5, 5.41) is 14.7. The first kappa shape index (κ1) is 19.7. The van der Waals surface area contributed by atoms with Crippen LogP contribution >= 0.6 is 0 Å². The Kier molecular flexibility index (Phi) is 6.89. The molecule has 1 saturated heterocycles. The van der Waals surface area contributed by atoms with Crippen LogP contribution in [0.5, 0.6) is 0 Å². The number of benzene rings is 2. The molecule has 0 bridgehead atoms. The van der Waals surface area contributed by atoms with E-state index in [1.54, 1.807) is 17.0 Å². The van der Waals surface area contributed by atoms with Gasteiger partial charge in [-0.15, -0.1) is 0 Å². The maximum atomic E-state index is 12.1. The Morgan fingerprint density at radius 3 is 2.25 bits per heavy atom. The van der Waals surface area contributed by atoms with Crippen molar-refractivity contribution in [3.05, 3.63) is 71.3 Å². The quantitative estimate of drug-likeness (QED) is 0.365. The number of hydrazone groups is 1. The van der Waals surface area contributed by atoms with Crippen molar-refractivity contribution in [1.82, 2.24) is 5.43 Å². The third-order valence-electron chi connectivity index (χ3n) is 4.92. The van der Waals surface area contributed by atoms with E-state index in [9.17, 15) is 14.7 Å². The number of carbonyl (C=O) groups excluding carboxylic acids is 2. The average Bonchev–Trinajstić information content (AvgIpc) is 2.71. The van der Waals surface area contributed by atoms with Gasteiger partial charge in [-0.3, -0.25) is 4.79 Å². The smallest absolute Gasteiger partial charge is 0.295 e. The van der Waals surface area contributed by atoms with Crippen LogP contribution in [0.3, 0.4) is 0 Å². The fourth-order valence-corrected chi connectivity index (χ4v) is 3.35. The molecule has 28 heavy (non-hydrogen) atoms. The molecule has 1 aliphatic heterocycles. The van der Waals surface area contributed by atoms with Crippen molar-refractivity contribution in [2.24, 2.45) is 5.10 Å². The lowest BCUT2D eigenvalue weighted by atomic mass is 10.1. The van der Waals surface area contributed by atoms with E-state index in [1.807, 2.05) is 6.07 Å². The lowest BCUT2D eigenvalue weighted by Crippen LogP contribution is -3.28. The standard InChI is InChI=1S/C21H24N4O3/c26-20(23-22-14-17-6-8-19(9-7-17)21(27)28)16-25-12-10-24(11-13-25)15-18-4-2-1-3-5-18/h1-9,14H,10-13,15-16H2,(H,23,26)(H,27,28)/p+1/b22-14-. The molecule has 0 aromatic heterocycles. The lowest BCUT2D eigenvalue weighted by molar-refractivity contribution is -1.02. The van der Waals surface area contributed by atoms with Crippen LogP contribution in [0.2, 0.25) is 0 Å². The van der Waals surface area contributed by atoms with Crippen LogP contribution in [0.1, 0.15) is 21.5 Å². The van der Waals surface area contributed by atoms with Gasteiger partial charge < -0.3 is 19.7 Å². The molecule has 1 amide bonds. The number of hydrogen-bond donors (Lipinski definition) is 3. The molecule has 146 valence electrons. The zero-order chi connectivity index (χ0) is 19.8. The molecule has 0 unspecified atom stereocenters. The van der Waals surface area contributed by atoms with Gasteiger partial charge in [0.25, 0.3) is 5.91 Å². The van der Waals surface area contributed by atoms with Crippen LogP contribution in [0.15, 0.2) is 59.7 Å². The van der Waals surface area contributed by atoms with Crippen LogP contribution in [0.4, 0.5) is 0 Å². The second kappa shape index (κ2) is 9.77. The van der Waals surface area contributed by atoms with E-state index in [0.29, 0.717) is 12.1 Å². The Morgan fingerprint density at radius 2 is 1.61 bits per heavy atom. The number of carboxylic acid groups (broad SMARTS) is 1. The van der Waals surface area contributed by atoms with Gasteiger partial charge in [0.05, 0.1) is 12.2 Å². The van der Waals surface area contributed by atoms with Gasteiger partial charge in [-0.25, -0.2) is 5.43 Å². The molecular weight excluding hydrogens is 356 g/mol. The number of amides is 1. The van der Waals surface area contributed by atoms with Gasteiger partial charge >= 0.3 is 0 Å². The maximum absolute atomic E-state index is 12.1. The predicted molar refractivity (Wildman–Crippen MR) is 103 cm³/mol. The van der Waals surface area contributed by atoms with Gasteiger partial charge in [-0.2, -0.15) is 5.10 Å². The van der Waals surface area contributed by atoms with Crippen molar-refractivity contribution in [3.8, 4) is 0 Å². The molecule has 1 fully saturated rings. The molecule has 0 aliphatic carbocycles. The fourth-order valence-electron chi connectivity index (χ4n) is 3.35. The molecule has 1 heterocycles. The predicted octanol–water partition coefficient (Wildman–Crippen LogP) is -2.52. The summed E-state index contributed by atoms with van der Waals surface area (Å²) < 4.78 is 0. The summed E-state index contributed by atoms with van der Waals surface area (Å²) in [6.07, 6.45) is 1.49. The first-order valence-electron chi connectivity index (χ1n) is 9.44. The highest BCUT2D eigenvalue weighted by Gasteiger charge is 2.24. The summed E-state index contributed by atoms with van der Waals surface area (Å²) >= 11 is 0. The number of aromatic carboxylic acids is 1. The molecule has 0 spiro atoms. The van der Waals surface area contributed by atoms with Crippen molar-refractivity contribution >= 4 is 18.1 Å². The number of carbonyl (C=O) groups is 2. The van der Waals surface area contributed by atoms with Crippen molar-refractivity contribution in [2.75, 3.05) is 32.7 Å². The first-order chi connectivity index (χ1) is 13.6. The van der Waals surface area contributed by atoms with Crippen molar-refractivity contribution in [2.45, 2.75) is 6.54 Å². The summed E-state index contributed by atoms with van der Waals surface area (Å²) in [5.74, 6) is -1.34. The second-order valence-corrected chi connectivity index (χ2v) is 7.04. The second-order valence-electron chi connectivity index (χ2n) is 7.04. The Hall–Kier alpha value is -3.03. The highest BCUT2D eigenvalue weighted by atomic mass is 16.4. The first-order valence-corrected chi connectivity index (χ1v) is 9.44. The third kappa shape index (κ3) is 6.00. The summed E-state index contributed by atoms with van der Waals surface area (Å²) in [4.78, 5) is 25.6. The summed E-state index contributed by atoms with van der Waals surface area (Å²) in [6, 6.07) is 16.6. The van der Waals surface area contributed by atoms with Gasteiger partial charge in [-0.05, 0) is 11.1 Å². The fraction of sp³-hybridized carbons (Fsp3) is 0.286. The summed E-state index contributed by atoms with van der Waals surface area (Å²) in [5.41, 5.74) is 4.70. The maximum Gasteiger partial charge on any atom is 0.295 e. The minimum atomic E-state index is -1.22. The van der Waals surface area contributed by atoms with E-state index in [2.05, 4.69) is 34.8 Å². The van der Waals surface area contributed by atoms with Crippen molar-refractivity contribution < 1.29 is 24.5 Å². The number of rotatable bonds is 7. The summed E-state index contributed by atoms with van der Waals surface area (Å²) in [6.45, 7) is 5.45. The van der Waals surface area contributed by atoms with E-state index in [1.165, 1.54) is 28.8 Å². The molecule has 3 rings (SSSR count). The normalized spacial score (nSPS) is 19.4. The Balaban J connectivity index is 1.38. The highest BCUT2D eigenvalue weighted by Crippen LogP contribution is 2.01. The zero-order valence-electron chi connectivity index (χ0n) is 15.7. The van der Waals surface area contributed by atoms with Gasteiger partial charge in [-0.1, -0.05) is 54.6 Å². The molecule has 0 radical (unpaired) electrons. The molecule has 1 aliphatic rings. The van der Waals surface area contributed by atoms with Gasteiger partial charge in [0.15, 0.2) is 6.54 Å². The Bertz CT molecular complexity index is 813. The third-order valence-corrected chi connectivity index (χ3v) is 4.92. The summed E-state index contributed by atoms with van der Waals surface area (Å²) in [7, 11) is 0. The van der Waals surface area contributed by atoms with Crippen molar-refractivity contribution in [3.63, 3.8) is 0 Å². The molecule has 0 saturated carbocycles. The zero-order valence-corrected chi connectivity index (χ0v) is 15.7. The molecule has 3 N–H and O–H groups in total. The van der Waals surface area contributed by atoms with E-state index in [-0.39, 0.29) is 11.5 Å². The Labute approximate surface area is 164 Å². The number of nitrogens with zero attached hydrogens (tertiary/aromatic N) is 1. The SMILES string of the molecule is O=C(C[NH+]1CC[NH+](Cc2ccccc2)CC1)N/N=C\c1ccc(C(=O)[O-])cc1. The molecule has 7 nitrogen and oxygen atoms in total. The molecular formula is C21H25N4O3+. The van der Waals surface area contributed by atoms with Crippen LogP contribution in [0.25, 0.3) is 0 Å². The molecule has 2 aromatic carbocycles. The van der Waals surface area contributed by atoms with Crippen LogP contribution in [0, 0.1) is 0 Å². The molecule has 2 aromatic rings. The minimum absolute atomic E-state index is 0.110.